The molecule has 0 spiro atoms. The molecule has 1 aromatic rings. The fourth-order valence-electron chi connectivity index (χ4n) is 1.64. The van der Waals surface area contributed by atoms with Gasteiger partial charge in [0.2, 0.25) is 0 Å². The third-order valence-electron chi connectivity index (χ3n) is 2.32. The summed E-state index contributed by atoms with van der Waals surface area (Å²) < 4.78 is 0. The normalized spacial score (nSPS) is 14.8. The molecule has 0 saturated carbocycles. The van der Waals surface area contributed by atoms with Crippen LogP contribution in [0.1, 0.15) is 32.9 Å². The highest BCUT2D eigenvalue weighted by molar-refractivity contribution is 7.99. The van der Waals surface area contributed by atoms with Crippen molar-refractivity contribution in [1.29, 1.82) is 0 Å². The van der Waals surface area contributed by atoms with Crippen LogP contribution in [0.25, 0.3) is 0 Å². The quantitative estimate of drug-likeness (QED) is 0.612. The number of rotatable bonds is 6. The summed E-state index contributed by atoms with van der Waals surface area (Å²) in [5.41, 5.74) is 1.03. The number of nitrogens with one attached hydrogen (secondary N) is 1. The second-order valence-electron chi connectivity index (χ2n) is 4.10. The summed E-state index contributed by atoms with van der Waals surface area (Å²) >= 11 is 1.75. The van der Waals surface area contributed by atoms with E-state index in [9.17, 15) is 0 Å². The molecule has 0 saturated heterocycles. The molecule has 1 N–H and O–H groups in total. The maximum atomic E-state index is 4.40. The van der Waals surface area contributed by atoms with Gasteiger partial charge in [0.05, 0.1) is 0 Å². The lowest BCUT2D eigenvalue weighted by atomic mass is 10.2. The number of nitrogens with zero attached hydrogens (tertiary/aromatic N) is 2. The van der Waals surface area contributed by atoms with E-state index in [-0.39, 0.29) is 0 Å². The van der Waals surface area contributed by atoms with E-state index < -0.39 is 0 Å². The molecule has 0 amide bonds. The van der Waals surface area contributed by atoms with Gasteiger partial charge in [-0.3, -0.25) is 0 Å². The smallest absolute Gasteiger partial charge is 0.187 e. The molecule has 1 heterocycles. The summed E-state index contributed by atoms with van der Waals surface area (Å²) in [5.74, 6) is 0. The minimum absolute atomic E-state index is 0.538. The van der Waals surface area contributed by atoms with E-state index in [1.807, 2.05) is 19.2 Å². The lowest BCUT2D eigenvalue weighted by Gasteiger charge is -2.16. The first-order chi connectivity index (χ1) is 7.61. The predicted octanol–water partition coefficient (Wildman–Crippen LogP) is 2.65. The Labute approximate surface area is 102 Å². The summed E-state index contributed by atoms with van der Waals surface area (Å²) in [6, 6.07) is 2.48. The van der Waals surface area contributed by atoms with Crippen LogP contribution in [-0.2, 0) is 0 Å². The van der Waals surface area contributed by atoms with Gasteiger partial charge in [-0.15, -0.1) is 0 Å². The van der Waals surface area contributed by atoms with Crippen molar-refractivity contribution in [3.8, 4) is 0 Å². The van der Waals surface area contributed by atoms with Gasteiger partial charge in [0.15, 0.2) is 5.16 Å². The molecule has 0 aliphatic heterocycles. The molecule has 0 fully saturated rings. The van der Waals surface area contributed by atoms with Gasteiger partial charge < -0.3 is 5.32 Å². The Balaban J connectivity index is 2.42. The molecule has 0 aromatic carbocycles. The second kappa shape index (κ2) is 6.86. The molecule has 4 heteroatoms. The SMILES string of the molecule is CCNC(C)CC(C)Sc1nccc(C)n1. The molecule has 1 aromatic heterocycles. The Hall–Kier alpha value is -0.610. The highest BCUT2D eigenvalue weighted by atomic mass is 32.2. The van der Waals surface area contributed by atoms with Crippen LogP contribution in [-0.4, -0.2) is 27.8 Å². The Kier molecular flexibility index (Phi) is 5.77. The number of aromatic nitrogens is 2. The van der Waals surface area contributed by atoms with E-state index in [0.717, 1.165) is 23.8 Å². The van der Waals surface area contributed by atoms with Crippen molar-refractivity contribution in [3.63, 3.8) is 0 Å². The van der Waals surface area contributed by atoms with E-state index in [1.165, 1.54) is 0 Å². The highest BCUT2D eigenvalue weighted by Gasteiger charge is 2.10. The van der Waals surface area contributed by atoms with Crippen LogP contribution >= 0.6 is 11.8 Å². The summed E-state index contributed by atoms with van der Waals surface area (Å²) in [4.78, 5) is 8.66. The zero-order valence-electron chi connectivity index (χ0n) is 10.5. The lowest BCUT2D eigenvalue weighted by Crippen LogP contribution is -2.28. The van der Waals surface area contributed by atoms with E-state index in [1.54, 1.807) is 11.8 Å². The zero-order chi connectivity index (χ0) is 12.0. The van der Waals surface area contributed by atoms with Crippen molar-refractivity contribution < 1.29 is 0 Å². The largest absolute Gasteiger partial charge is 0.314 e. The molecule has 1 rings (SSSR count). The topological polar surface area (TPSA) is 37.8 Å². The van der Waals surface area contributed by atoms with Crippen LogP contribution in [0.3, 0.4) is 0 Å². The fraction of sp³-hybridized carbons (Fsp3) is 0.667. The molecule has 0 bridgehead atoms. The minimum Gasteiger partial charge on any atom is -0.314 e. The Morgan fingerprint density at radius 3 is 2.81 bits per heavy atom. The molecule has 0 aliphatic carbocycles. The first-order valence-electron chi connectivity index (χ1n) is 5.81. The molecule has 0 radical (unpaired) electrons. The first kappa shape index (κ1) is 13.5. The number of aryl methyl sites for hydroxylation is 1. The van der Waals surface area contributed by atoms with Crippen LogP contribution in [0.15, 0.2) is 17.4 Å². The van der Waals surface area contributed by atoms with E-state index in [4.69, 9.17) is 0 Å². The average molecular weight is 239 g/mol. The third kappa shape index (κ3) is 4.94. The van der Waals surface area contributed by atoms with Crippen molar-refractivity contribution in [2.45, 2.75) is 50.6 Å². The Morgan fingerprint density at radius 2 is 2.19 bits per heavy atom. The van der Waals surface area contributed by atoms with Crippen molar-refractivity contribution in [2.75, 3.05) is 6.54 Å². The number of thioether (sulfide) groups is 1. The van der Waals surface area contributed by atoms with Gasteiger partial charge in [-0.1, -0.05) is 25.6 Å². The minimum atomic E-state index is 0.538. The Bertz CT molecular complexity index is 317. The standard InChI is InChI=1S/C12H21N3S/c1-5-13-10(3)8-11(4)16-12-14-7-6-9(2)15-12/h6-7,10-11,13H,5,8H2,1-4H3. The molecule has 90 valence electrons. The molecular formula is C12H21N3S. The summed E-state index contributed by atoms with van der Waals surface area (Å²) in [6.45, 7) is 9.61. The van der Waals surface area contributed by atoms with E-state index in [2.05, 4.69) is 36.1 Å². The van der Waals surface area contributed by atoms with Crippen LogP contribution in [0.5, 0.6) is 0 Å². The molecule has 2 unspecified atom stereocenters. The molecule has 16 heavy (non-hydrogen) atoms. The van der Waals surface area contributed by atoms with Crippen molar-refractivity contribution in [3.05, 3.63) is 18.0 Å². The second-order valence-corrected chi connectivity index (χ2v) is 5.51. The van der Waals surface area contributed by atoms with Crippen LogP contribution in [0.4, 0.5) is 0 Å². The molecule has 2 atom stereocenters. The average Bonchev–Trinajstić information content (AvgIpc) is 2.17. The highest BCUT2D eigenvalue weighted by Crippen LogP contribution is 2.22. The maximum absolute atomic E-state index is 4.40. The zero-order valence-corrected chi connectivity index (χ0v) is 11.3. The van der Waals surface area contributed by atoms with Gasteiger partial charge in [-0.05, 0) is 32.9 Å². The fourth-order valence-corrected chi connectivity index (χ4v) is 2.70. The summed E-state index contributed by atoms with van der Waals surface area (Å²) in [7, 11) is 0. The van der Waals surface area contributed by atoms with Crippen molar-refractivity contribution in [2.24, 2.45) is 0 Å². The molecular weight excluding hydrogens is 218 g/mol. The van der Waals surface area contributed by atoms with E-state index >= 15 is 0 Å². The Morgan fingerprint density at radius 1 is 1.44 bits per heavy atom. The summed E-state index contributed by atoms with van der Waals surface area (Å²) in [6.07, 6.45) is 2.96. The lowest BCUT2D eigenvalue weighted by molar-refractivity contribution is 0.529. The summed E-state index contributed by atoms with van der Waals surface area (Å²) in [5, 5.41) is 4.84. The van der Waals surface area contributed by atoms with Crippen LogP contribution < -0.4 is 5.32 Å². The third-order valence-corrected chi connectivity index (χ3v) is 3.32. The van der Waals surface area contributed by atoms with Gasteiger partial charge in [-0.25, -0.2) is 9.97 Å². The molecule has 3 nitrogen and oxygen atoms in total. The van der Waals surface area contributed by atoms with Gasteiger partial charge in [0.1, 0.15) is 0 Å². The maximum Gasteiger partial charge on any atom is 0.187 e. The first-order valence-corrected chi connectivity index (χ1v) is 6.69. The van der Waals surface area contributed by atoms with E-state index in [0.29, 0.717) is 11.3 Å². The predicted molar refractivity (Wildman–Crippen MR) is 69.8 cm³/mol. The van der Waals surface area contributed by atoms with Crippen LogP contribution in [0, 0.1) is 6.92 Å². The van der Waals surface area contributed by atoms with Gasteiger partial charge in [-0.2, -0.15) is 0 Å². The monoisotopic (exact) mass is 239 g/mol. The van der Waals surface area contributed by atoms with Gasteiger partial charge in [0.25, 0.3) is 0 Å². The van der Waals surface area contributed by atoms with Crippen LogP contribution in [0.2, 0.25) is 0 Å². The van der Waals surface area contributed by atoms with Gasteiger partial charge in [0, 0.05) is 23.2 Å². The molecule has 0 aliphatic rings. The number of hydrogen-bond donors (Lipinski definition) is 1. The van der Waals surface area contributed by atoms with Gasteiger partial charge >= 0.3 is 0 Å². The number of hydrogen-bond acceptors (Lipinski definition) is 4. The van der Waals surface area contributed by atoms with Crippen molar-refractivity contribution in [1.82, 2.24) is 15.3 Å². The van der Waals surface area contributed by atoms with Crippen molar-refractivity contribution >= 4 is 11.8 Å².